The van der Waals surface area contributed by atoms with E-state index in [-0.39, 0.29) is 5.82 Å². The number of benzene rings is 1. The summed E-state index contributed by atoms with van der Waals surface area (Å²) in [6.45, 7) is 1.95. The second kappa shape index (κ2) is 4.29. The Kier molecular flexibility index (Phi) is 2.82. The standard InChI is InChI=1S/C12H13N3O2/c1-8-3-4-9(10(7-8)17-2)15-6-5-11(13)14-12(15)16/h3-7H,1-2H3,(H2,13,14,16). The average Bonchev–Trinajstić information content (AvgIpc) is 2.30. The van der Waals surface area contributed by atoms with E-state index in [1.807, 2.05) is 25.1 Å². The van der Waals surface area contributed by atoms with E-state index in [0.717, 1.165) is 5.56 Å². The molecule has 5 heteroatoms. The van der Waals surface area contributed by atoms with Gasteiger partial charge in [-0.3, -0.25) is 4.57 Å². The maximum Gasteiger partial charge on any atom is 0.354 e. The van der Waals surface area contributed by atoms with Gasteiger partial charge in [-0.05, 0) is 30.7 Å². The van der Waals surface area contributed by atoms with Crippen LogP contribution in [-0.4, -0.2) is 16.7 Å². The van der Waals surface area contributed by atoms with E-state index in [1.165, 1.54) is 4.57 Å². The molecule has 0 radical (unpaired) electrons. The lowest BCUT2D eigenvalue weighted by Gasteiger charge is -2.11. The molecule has 1 aromatic carbocycles. The number of nitrogen functional groups attached to an aromatic ring is 1. The zero-order chi connectivity index (χ0) is 12.4. The van der Waals surface area contributed by atoms with Crippen molar-refractivity contribution in [2.24, 2.45) is 0 Å². The predicted molar refractivity (Wildman–Crippen MR) is 65.5 cm³/mol. The molecule has 2 aromatic rings. The fraction of sp³-hybridized carbons (Fsp3) is 0.167. The van der Waals surface area contributed by atoms with Crippen LogP contribution in [0.15, 0.2) is 35.3 Å². The first-order chi connectivity index (χ1) is 8.11. The van der Waals surface area contributed by atoms with E-state index >= 15 is 0 Å². The van der Waals surface area contributed by atoms with Gasteiger partial charge in [-0.25, -0.2) is 4.79 Å². The van der Waals surface area contributed by atoms with Crippen LogP contribution in [0.3, 0.4) is 0 Å². The van der Waals surface area contributed by atoms with Crippen LogP contribution in [0.2, 0.25) is 0 Å². The van der Waals surface area contributed by atoms with Crippen LogP contribution in [0, 0.1) is 6.92 Å². The molecule has 0 atom stereocenters. The minimum Gasteiger partial charge on any atom is -0.495 e. The second-order valence-corrected chi connectivity index (χ2v) is 3.68. The van der Waals surface area contributed by atoms with Crippen molar-refractivity contribution < 1.29 is 4.74 Å². The largest absolute Gasteiger partial charge is 0.495 e. The fourth-order valence-electron chi connectivity index (χ4n) is 1.58. The number of hydrogen-bond acceptors (Lipinski definition) is 4. The van der Waals surface area contributed by atoms with Crippen LogP contribution in [-0.2, 0) is 0 Å². The SMILES string of the molecule is COc1cc(C)ccc1-n1ccc(N)nc1=O. The van der Waals surface area contributed by atoms with Crippen molar-refractivity contribution in [2.45, 2.75) is 6.92 Å². The molecule has 1 heterocycles. The molecule has 0 amide bonds. The van der Waals surface area contributed by atoms with Crippen molar-refractivity contribution in [1.82, 2.24) is 9.55 Å². The van der Waals surface area contributed by atoms with Crippen molar-refractivity contribution in [2.75, 3.05) is 12.8 Å². The van der Waals surface area contributed by atoms with Crippen molar-refractivity contribution in [3.63, 3.8) is 0 Å². The Morgan fingerprint density at radius 3 is 2.76 bits per heavy atom. The number of nitrogens with two attached hydrogens (primary N) is 1. The molecule has 2 N–H and O–H groups in total. The Hall–Kier alpha value is -2.30. The number of methoxy groups -OCH3 is 1. The molecule has 0 aliphatic carbocycles. The highest BCUT2D eigenvalue weighted by Gasteiger charge is 2.07. The van der Waals surface area contributed by atoms with Crippen molar-refractivity contribution in [3.8, 4) is 11.4 Å². The van der Waals surface area contributed by atoms with E-state index in [9.17, 15) is 4.79 Å². The van der Waals surface area contributed by atoms with E-state index in [2.05, 4.69) is 4.98 Å². The van der Waals surface area contributed by atoms with Gasteiger partial charge in [0.1, 0.15) is 11.6 Å². The first kappa shape index (κ1) is 11.2. The summed E-state index contributed by atoms with van der Waals surface area (Å²) in [5, 5.41) is 0. The summed E-state index contributed by atoms with van der Waals surface area (Å²) in [5.41, 5.74) is 6.73. The maximum atomic E-state index is 11.7. The van der Waals surface area contributed by atoms with Gasteiger partial charge in [0.05, 0.1) is 12.8 Å². The zero-order valence-electron chi connectivity index (χ0n) is 9.68. The second-order valence-electron chi connectivity index (χ2n) is 3.68. The van der Waals surface area contributed by atoms with Gasteiger partial charge in [0, 0.05) is 6.20 Å². The first-order valence-electron chi connectivity index (χ1n) is 5.12. The highest BCUT2D eigenvalue weighted by Crippen LogP contribution is 2.22. The van der Waals surface area contributed by atoms with Crippen LogP contribution in [0.4, 0.5) is 5.82 Å². The van der Waals surface area contributed by atoms with Gasteiger partial charge in [-0.1, -0.05) is 6.07 Å². The Balaban J connectivity index is 2.64. The van der Waals surface area contributed by atoms with Crippen LogP contribution >= 0.6 is 0 Å². The molecule has 2 rings (SSSR count). The quantitative estimate of drug-likeness (QED) is 0.841. The molecule has 0 fully saturated rings. The molecule has 17 heavy (non-hydrogen) atoms. The molecular formula is C12H13N3O2. The number of hydrogen-bond donors (Lipinski definition) is 1. The van der Waals surface area contributed by atoms with Crippen molar-refractivity contribution >= 4 is 5.82 Å². The molecule has 0 bridgehead atoms. The molecule has 0 aliphatic rings. The van der Waals surface area contributed by atoms with Gasteiger partial charge in [0.25, 0.3) is 0 Å². The molecule has 0 aliphatic heterocycles. The molecule has 0 saturated carbocycles. The van der Waals surface area contributed by atoms with E-state index < -0.39 is 5.69 Å². The predicted octanol–water partition coefficient (Wildman–Crippen LogP) is 1.13. The first-order valence-corrected chi connectivity index (χ1v) is 5.12. The van der Waals surface area contributed by atoms with E-state index in [0.29, 0.717) is 11.4 Å². The summed E-state index contributed by atoms with van der Waals surface area (Å²) in [5.74, 6) is 0.830. The van der Waals surface area contributed by atoms with Crippen LogP contribution < -0.4 is 16.2 Å². The summed E-state index contributed by atoms with van der Waals surface area (Å²) in [6, 6.07) is 7.15. The van der Waals surface area contributed by atoms with Crippen LogP contribution in [0.25, 0.3) is 5.69 Å². The van der Waals surface area contributed by atoms with Gasteiger partial charge in [-0.15, -0.1) is 0 Å². The minimum atomic E-state index is -0.424. The maximum absolute atomic E-state index is 11.7. The smallest absolute Gasteiger partial charge is 0.354 e. The molecule has 1 aromatic heterocycles. The Labute approximate surface area is 98.5 Å². The molecule has 0 spiro atoms. The summed E-state index contributed by atoms with van der Waals surface area (Å²) >= 11 is 0. The van der Waals surface area contributed by atoms with Gasteiger partial charge in [-0.2, -0.15) is 4.98 Å². The average molecular weight is 231 g/mol. The molecule has 0 unspecified atom stereocenters. The third-order valence-electron chi connectivity index (χ3n) is 2.42. The van der Waals surface area contributed by atoms with Crippen LogP contribution in [0.1, 0.15) is 5.56 Å². The Morgan fingerprint density at radius 1 is 1.35 bits per heavy atom. The van der Waals surface area contributed by atoms with Gasteiger partial charge >= 0.3 is 5.69 Å². The van der Waals surface area contributed by atoms with Crippen LogP contribution in [0.5, 0.6) is 5.75 Å². The van der Waals surface area contributed by atoms with Gasteiger partial charge in [0.15, 0.2) is 0 Å². The number of ether oxygens (including phenoxy) is 1. The van der Waals surface area contributed by atoms with Gasteiger partial charge < -0.3 is 10.5 Å². The van der Waals surface area contributed by atoms with Gasteiger partial charge in [0.2, 0.25) is 0 Å². The monoisotopic (exact) mass is 231 g/mol. The lowest BCUT2D eigenvalue weighted by atomic mass is 10.2. The minimum absolute atomic E-state index is 0.206. The Morgan fingerprint density at radius 2 is 2.12 bits per heavy atom. The third kappa shape index (κ3) is 2.13. The van der Waals surface area contributed by atoms with E-state index in [1.54, 1.807) is 19.4 Å². The third-order valence-corrected chi connectivity index (χ3v) is 2.42. The number of nitrogens with zero attached hydrogens (tertiary/aromatic N) is 2. The highest BCUT2D eigenvalue weighted by molar-refractivity contribution is 5.49. The summed E-state index contributed by atoms with van der Waals surface area (Å²) in [7, 11) is 1.56. The number of aryl methyl sites for hydroxylation is 1. The molecular weight excluding hydrogens is 218 g/mol. The number of anilines is 1. The number of aromatic nitrogens is 2. The van der Waals surface area contributed by atoms with E-state index in [4.69, 9.17) is 10.5 Å². The van der Waals surface area contributed by atoms with Crippen molar-refractivity contribution in [1.29, 1.82) is 0 Å². The molecule has 5 nitrogen and oxygen atoms in total. The highest BCUT2D eigenvalue weighted by atomic mass is 16.5. The Bertz CT molecular complexity index is 605. The lowest BCUT2D eigenvalue weighted by molar-refractivity contribution is 0.412. The zero-order valence-corrected chi connectivity index (χ0v) is 9.68. The molecule has 0 saturated heterocycles. The summed E-state index contributed by atoms with van der Waals surface area (Å²) < 4.78 is 6.64. The fourth-order valence-corrected chi connectivity index (χ4v) is 1.58. The lowest BCUT2D eigenvalue weighted by Crippen LogP contribution is -2.22. The summed E-state index contributed by atoms with van der Waals surface area (Å²) in [4.78, 5) is 15.4. The molecule has 88 valence electrons. The topological polar surface area (TPSA) is 70.1 Å². The normalized spacial score (nSPS) is 10.2. The van der Waals surface area contributed by atoms with Crippen molar-refractivity contribution in [3.05, 3.63) is 46.5 Å². The number of rotatable bonds is 2. The summed E-state index contributed by atoms with van der Waals surface area (Å²) in [6.07, 6.45) is 1.58.